The third-order valence-corrected chi connectivity index (χ3v) is 6.59. The number of para-hydroxylation sites is 1. The number of fused-ring (bicyclic) bond motifs is 1. The molecule has 140 valence electrons. The lowest BCUT2D eigenvalue weighted by molar-refractivity contribution is -0.137. The Kier molecular flexibility index (Phi) is 5.38. The predicted molar refractivity (Wildman–Crippen MR) is 103 cm³/mol. The van der Waals surface area contributed by atoms with Crippen LogP contribution in [0, 0.1) is 5.92 Å². The minimum Gasteiger partial charge on any atom is -0.481 e. The van der Waals surface area contributed by atoms with Crippen LogP contribution in [-0.2, 0) is 9.53 Å². The van der Waals surface area contributed by atoms with Gasteiger partial charge >= 0.3 is 5.97 Å². The average Bonchev–Trinajstić information content (AvgIpc) is 3.11. The second-order valence-corrected chi connectivity index (χ2v) is 8.12. The van der Waals surface area contributed by atoms with E-state index >= 15 is 0 Å². The van der Waals surface area contributed by atoms with Crippen LogP contribution in [0.25, 0.3) is 10.2 Å². The first-order chi connectivity index (χ1) is 12.7. The Morgan fingerprint density at radius 2 is 2.08 bits per heavy atom. The van der Waals surface area contributed by atoms with Crippen molar-refractivity contribution in [1.82, 2.24) is 9.88 Å². The largest absolute Gasteiger partial charge is 0.481 e. The summed E-state index contributed by atoms with van der Waals surface area (Å²) in [6.45, 7) is 5.33. The van der Waals surface area contributed by atoms with Crippen LogP contribution < -0.4 is 4.90 Å². The second-order valence-electron chi connectivity index (χ2n) is 7.11. The van der Waals surface area contributed by atoms with Gasteiger partial charge in [-0.1, -0.05) is 23.5 Å². The Labute approximate surface area is 157 Å². The Morgan fingerprint density at radius 3 is 2.85 bits per heavy atom. The van der Waals surface area contributed by atoms with E-state index in [2.05, 4.69) is 21.9 Å². The first kappa shape index (κ1) is 17.7. The smallest absolute Gasteiger partial charge is 0.303 e. The van der Waals surface area contributed by atoms with E-state index in [4.69, 9.17) is 14.8 Å². The normalized spacial score (nSPS) is 24.8. The van der Waals surface area contributed by atoms with Gasteiger partial charge in [0.05, 0.1) is 23.4 Å². The summed E-state index contributed by atoms with van der Waals surface area (Å²) in [4.78, 5) is 20.8. The summed E-state index contributed by atoms with van der Waals surface area (Å²) in [5, 5.41) is 10.2. The Hall–Kier alpha value is -1.70. The summed E-state index contributed by atoms with van der Waals surface area (Å²) >= 11 is 1.73. The molecule has 1 N–H and O–H groups in total. The number of thiazole rings is 1. The minimum atomic E-state index is -0.706. The number of aromatic nitrogens is 1. The first-order valence-corrected chi connectivity index (χ1v) is 10.2. The van der Waals surface area contributed by atoms with Crippen molar-refractivity contribution >= 4 is 32.7 Å². The lowest BCUT2D eigenvalue weighted by Crippen LogP contribution is -2.54. The van der Waals surface area contributed by atoms with Gasteiger partial charge < -0.3 is 14.7 Å². The monoisotopic (exact) mass is 375 g/mol. The van der Waals surface area contributed by atoms with Crippen LogP contribution >= 0.6 is 11.3 Å². The highest BCUT2D eigenvalue weighted by molar-refractivity contribution is 7.22. The average molecular weight is 375 g/mol. The lowest BCUT2D eigenvalue weighted by Gasteiger charge is -2.45. The predicted octanol–water partition coefficient (Wildman–Crippen LogP) is 2.69. The van der Waals surface area contributed by atoms with E-state index in [0.29, 0.717) is 12.0 Å². The highest BCUT2D eigenvalue weighted by Gasteiger charge is 2.35. The summed E-state index contributed by atoms with van der Waals surface area (Å²) in [6, 6.07) is 8.68. The highest BCUT2D eigenvalue weighted by atomic mass is 32.1. The Bertz CT molecular complexity index is 726. The number of hydrogen-bond acceptors (Lipinski definition) is 6. The number of carboxylic acids is 1. The van der Waals surface area contributed by atoms with Gasteiger partial charge in [-0.15, -0.1) is 0 Å². The highest BCUT2D eigenvalue weighted by Crippen LogP contribution is 2.34. The zero-order valence-electron chi connectivity index (χ0n) is 14.8. The number of anilines is 1. The van der Waals surface area contributed by atoms with Crippen LogP contribution in [0.2, 0.25) is 0 Å². The number of ether oxygens (including phenoxy) is 1. The number of hydrogen-bond donors (Lipinski definition) is 1. The topological polar surface area (TPSA) is 65.9 Å². The van der Waals surface area contributed by atoms with Crippen molar-refractivity contribution < 1.29 is 14.6 Å². The fourth-order valence-corrected chi connectivity index (χ4v) is 5.17. The quantitative estimate of drug-likeness (QED) is 0.867. The molecule has 2 saturated heterocycles. The molecule has 2 fully saturated rings. The van der Waals surface area contributed by atoms with E-state index < -0.39 is 5.97 Å². The van der Waals surface area contributed by atoms with Gasteiger partial charge in [0.15, 0.2) is 5.13 Å². The molecule has 0 spiro atoms. The molecule has 0 saturated carbocycles. The SMILES string of the molecule is O=C(O)CC[C@@H]1CN(c2nc3ccccc3s2)CC[C@@H]1N1CCOCC1. The Morgan fingerprint density at radius 1 is 1.27 bits per heavy atom. The fourth-order valence-electron chi connectivity index (χ4n) is 4.17. The third kappa shape index (κ3) is 3.84. The molecule has 2 aliphatic rings. The van der Waals surface area contributed by atoms with E-state index in [1.807, 2.05) is 12.1 Å². The number of piperidine rings is 1. The maximum Gasteiger partial charge on any atom is 0.303 e. The first-order valence-electron chi connectivity index (χ1n) is 9.35. The van der Waals surface area contributed by atoms with Crippen LogP contribution in [0.15, 0.2) is 24.3 Å². The molecule has 1 aromatic heterocycles. The van der Waals surface area contributed by atoms with Gasteiger partial charge in [-0.25, -0.2) is 4.98 Å². The van der Waals surface area contributed by atoms with Gasteiger partial charge in [-0.3, -0.25) is 9.69 Å². The van der Waals surface area contributed by atoms with Crippen LogP contribution in [0.4, 0.5) is 5.13 Å². The number of aliphatic carboxylic acids is 1. The zero-order valence-corrected chi connectivity index (χ0v) is 15.7. The second kappa shape index (κ2) is 7.90. The summed E-state index contributed by atoms with van der Waals surface area (Å²) in [6.07, 6.45) is 2.01. The third-order valence-electron chi connectivity index (χ3n) is 5.49. The van der Waals surface area contributed by atoms with Crippen LogP contribution in [0.3, 0.4) is 0 Å². The standard InChI is InChI=1S/C19H25N3O3S/c23-18(24)6-5-14-13-22(8-7-16(14)21-9-11-25-12-10-21)19-20-15-3-1-2-4-17(15)26-19/h1-4,14,16H,5-13H2,(H,23,24)/t14-,16+/m1/s1. The molecule has 2 atom stereocenters. The molecular formula is C19H25N3O3S. The zero-order chi connectivity index (χ0) is 17.9. The van der Waals surface area contributed by atoms with Gasteiger partial charge in [0, 0.05) is 38.6 Å². The van der Waals surface area contributed by atoms with Gasteiger partial charge in [-0.2, -0.15) is 0 Å². The summed E-state index contributed by atoms with van der Waals surface area (Å²) in [5.41, 5.74) is 1.05. The van der Waals surface area contributed by atoms with Crippen molar-refractivity contribution in [3.63, 3.8) is 0 Å². The molecule has 3 heterocycles. The van der Waals surface area contributed by atoms with Crippen molar-refractivity contribution in [1.29, 1.82) is 0 Å². The van der Waals surface area contributed by atoms with E-state index in [1.54, 1.807) is 11.3 Å². The molecule has 2 aromatic rings. The van der Waals surface area contributed by atoms with Crippen molar-refractivity contribution in [2.75, 3.05) is 44.3 Å². The molecule has 0 aliphatic carbocycles. The van der Waals surface area contributed by atoms with Crippen molar-refractivity contribution in [2.45, 2.75) is 25.3 Å². The van der Waals surface area contributed by atoms with Gasteiger partial charge in [0.2, 0.25) is 0 Å². The molecule has 0 amide bonds. The number of rotatable bonds is 5. The molecule has 0 unspecified atom stereocenters. The number of carbonyl (C=O) groups is 1. The van der Waals surface area contributed by atoms with E-state index in [0.717, 1.165) is 62.9 Å². The Balaban J connectivity index is 1.51. The van der Waals surface area contributed by atoms with Crippen LogP contribution in [-0.4, -0.2) is 66.4 Å². The molecule has 26 heavy (non-hydrogen) atoms. The molecule has 1 aromatic carbocycles. The minimum absolute atomic E-state index is 0.235. The number of benzene rings is 1. The summed E-state index contributed by atoms with van der Waals surface area (Å²) in [7, 11) is 0. The molecule has 6 nitrogen and oxygen atoms in total. The van der Waals surface area contributed by atoms with Crippen LogP contribution in [0.1, 0.15) is 19.3 Å². The van der Waals surface area contributed by atoms with Crippen LogP contribution in [0.5, 0.6) is 0 Å². The molecule has 0 bridgehead atoms. The molecule has 2 aliphatic heterocycles. The van der Waals surface area contributed by atoms with E-state index in [-0.39, 0.29) is 6.42 Å². The van der Waals surface area contributed by atoms with E-state index in [1.165, 1.54) is 4.70 Å². The van der Waals surface area contributed by atoms with Gasteiger partial charge in [0.25, 0.3) is 0 Å². The number of morpholine rings is 1. The molecular weight excluding hydrogens is 350 g/mol. The molecule has 7 heteroatoms. The van der Waals surface area contributed by atoms with E-state index in [9.17, 15) is 4.79 Å². The lowest BCUT2D eigenvalue weighted by atomic mass is 9.87. The van der Waals surface area contributed by atoms with Crippen molar-refractivity contribution in [3.8, 4) is 0 Å². The molecule has 4 rings (SSSR count). The maximum atomic E-state index is 11.1. The summed E-state index contributed by atoms with van der Waals surface area (Å²) < 4.78 is 6.70. The molecule has 0 radical (unpaired) electrons. The number of carboxylic acid groups (broad SMARTS) is 1. The van der Waals surface area contributed by atoms with Crippen molar-refractivity contribution in [2.24, 2.45) is 5.92 Å². The number of nitrogens with zero attached hydrogens (tertiary/aromatic N) is 3. The fraction of sp³-hybridized carbons (Fsp3) is 0.579. The van der Waals surface area contributed by atoms with Gasteiger partial charge in [-0.05, 0) is 30.9 Å². The summed E-state index contributed by atoms with van der Waals surface area (Å²) in [5.74, 6) is -0.354. The van der Waals surface area contributed by atoms with Gasteiger partial charge in [0.1, 0.15) is 0 Å². The van der Waals surface area contributed by atoms with Crippen molar-refractivity contribution in [3.05, 3.63) is 24.3 Å². The maximum absolute atomic E-state index is 11.1.